The van der Waals surface area contributed by atoms with E-state index in [2.05, 4.69) is 10.0 Å². The molecule has 2 aliphatic rings. The number of hydrogen-bond acceptors (Lipinski definition) is 4. The van der Waals surface area contributed by atoms with E-state index < -0.39 is 10.0 Å². The summed E-state index contributed by atoms with van der Waals surface area (Å²) in [6.45, 7) is 4.30. The van der Waals surface area contributed by atoms with Gasteiger partial charge in [0.05, 0.1) is 4.90 Å². The van der Waals surface area contributed by atoms with E-state index >= 15 is 0 Å². The van der Waals surface area contributed by atoms with Gasteiger partial charge in [-0.1, -0.05) is 17.7 Å². The molecule has 6 nitrogen and oxygen atoms in total. The predicted octanol–water partition coefficient (Wildman–Crippen LogP) is 1.66. The molecule has 2 N–H and O–H groups in total. The van der Waals surface area contributed by atoms with E-state index in [4.69, 9.17) is 0 Å². The van der Waals surface area contributed by atoms with Crippen molar-refractivity contribution in [2.75, 3.05) is 17.8 Å². The normalized spacial score (nSPS) is 22.3. The van der Waals surface area contributed by atoms with Gasteiger partial charge in [0.25, 0.3) is 15.6 Å². The molecule has 0 spiro atoms. The maximum atomic E-state index is 12.8. The van der Waals surface area contributed by atoms with Crippen molar-refractivity contribution in [1.82, 2.24) is 9.88 Å². The van der Waals surface area contributed by atoms with Gasteiger partial charge in [0, 0.05) is 24.7 Å². The molecule has 25 heavy (non-hydrogen) atoms. The van der Waals surface area contributed by atoms with Crippen LogP contribution in [-0.2, 0) is 16.6 Å². The highest BCUT2D eigenvalue weighted by Crippen LogP contribution is 2.32. The van der Waals surface area contributed by atoms with Crippen LogP contribution in [0.25, 0.3) is 0 Å². The van der Waals surface area contributed by atoms with Crippen molar-refractivity contribution in [1.29, 1.82) is 0 Å². The molecule has 0 unspecified atom stereocenters. The second-order valence-corrected chi connectivity index (χ2v) is 8.65. The van der Waals surface area contributed by atoms with Crippen LogP contribution in [0.3, 0.4) is 0 Å². The van der Waals surface area contributed by atoms with Crippen molar-refractivity contribution in [3.63, 3.8) is 0 Å². The number of aromatic nitrogens is 1. The second-order valence-electron chi connectivity index (χ2n) is 6.96. The number of pyridine rings is 1. The highest BCUT2D eigenvalue weighted by Gasteiger charge is 2.31. The van der Waals surface area contributed by atoms with Gasteiger partial charge in [-0.2, -0.15) is 0 Å². The smallest absolute Gasteiger partial charge is 0.275 e. The largest absolute Gasteiger partial charge is 0.316 e. The number of nitrogens with zero attached hydrogens (tertiary/aromatic N) is 1. The number of sulfonamides is 1. The third-order valence-electron chi connectivity index (χ3n) is 5.08. The topological polar surface area (TPSA) is 80.2 Å². The molecule has 3 heterocycles. The molecule has 2 aromatic rings. The Labute approximate surface area is 146 Å². The lowest BCUT2D eigenvalue weighted by Gasteiger charge is -2.37. The number of nitrogens with one attached hydrogen (secondary N) is 2. The van der Waals surface area contributed by atoms with E-state index in [1.165, 1.54) is 0 Å². The van der Waals surface area contributed by atoms with Gasteiger partial charge in [-0.25, -0.2) is 8.42 Å². The molecule has 0 radical (unpaired) electrons. The van der Waals surface area contributed by atoms with Crippen molar-refractivity contribution < 1.29 is 8.42 Å². The van der Waals surface area contributed by atoms with Crippen LogP contribution >= 0.6 is 0 Å². The number of piperidine rings is 1. The van der Waals surface area contributed by atoms with E-state index in [1.807, 2.05) is 13.0 Å². The van der Waals surface area contributed by atoms with Crippen LogP contribution in [0.5, 0.6) is 0 Å². The number of fused-ring (bicyclic) bond motifs is 4. The van der Waals surface area contributed by atoms with Gasteiger partial charge in [0.2, 0.25) is 0 Å². The van der Waals surface area contributed by atoms with Crippen LogP contribution in [0.1, 0.15) is 23.6 Å². The second kappa shape index (κ2) is 6.00. The zero-order valence-electron chi connectivity index (χ0n) is 14.0. The van der Waals surface area contributed by atoms with Crippen molar-refractivity contribution in [2.24, 2.45) is 5.92 Å². The van der Waals surface area contributed by atoms with Gasteiger partial charge in [-0.3, -0.25) is 9.52 Å². The summed E-state index contributed by atoms with van der Waals surface area (Å²) in [6, 6.07) is 10.0. The molecule has 0 amide bonds. The van der Waals surface area contributed by atoms with Crippen LogP contribution in [0.2, 0.25) is 0 Å². The highest BCUT2D eigenvalue weighted by atomic mass is 32.2. The highest BCUT2D eigenvalue weighted by molar-refractivity contribution is 7.92. The minimum absolute atomic E-state index is 0.109. The van der Waals surface area contributed by atoms with Crippen molar-refractivity contribution in [2.45, 2.75) is 30.7 Å². The fourth-order valence-corrected chi connectivity index (χ4v) is 4.85. The minimum Gasteiger partial charge on any atom is -0.316 e. The summed E-state index contributed by atoms with van der Waals surface area (Å²) in [5, 5.41) is 3.40. The summed E-state index contributed by atoms with van der Waals surface area (Å²) in [6.07, 6.45) is 1.08. The van der Waals surface area contributed by atoms with Gasteiger partial charge in [0.1, 0.15) is 5.69 Å². The molecular formula is C18H21N3O3S. The molecule has 2 atom stereocenters. The van der Waals surface area contributed by atoms with E-state index in [0.717, 1.165) is 30.8 Å². The Hall–Kier alpha value is -2.12. The molecule has 132 valence electrons. The quantitative estimate of drug-likeness (QED) is 0.874. The Balaban J connectivity index is 1.69. The summed E-state index contributed by atoms with van der Waals surface area (Å²) in [4.78, 5) is 13.0. The maximum Gasteiger partial charge on any atom is 0.275 e. The van der Waals surface area contributed by atoms with Crippen LogP contribution in [0, 0.1) is 12.8 Å². The van der Waals surface area contributed by atoms with Gasteiger partial charge < -0.3 is 9.88 Å². The molecular weight excluding hydrogens is 338 g/mol. The third kappa shape index (κ3) is 2.98. The van der Waals surface area contributed by atoms with Crippen LogP contribution in [0.4, 0.5) is 5.69 Å². The number of aryl methyl sites for hydroxylation is 1. The van der Waals surface area contributed by atoms with Gasteiger partial charge in [0.15, 0.2) is 0 Å². The fourth-order valence-electron chi connectivity index (χ4n) is 3.79. The van der Waals surface area contributed by atoms with E-state index in [-0.39, 0.29) is 16.1 Å². The molecule has 2 bridgehead atoms. The summed E-state index contributed by atoms with van der Waals surface area (Å²) in [7, 11) is -3.77. The van der Waals surface area contributed by atoms with Crippen LogP contribution in [0.15, 0.2) is 46.1 Å². The Kier molecular flexibility index (Phi) is 3.92. The molecule has 0 saturated carbocycles. The number of anilines is 1. The molecule has 4 rings (SSSR count). The molecule has 7 heteroatoms. The number of hydrogen-bond donors (Lipinski definition) is 2. The van der Waals surface area contributed by atoms with E-state index in [1.54, 1.807) is 34.9 Å². The van der Waals surface area contributed by atoms with Crippen molar-refractivity contribution in [3.05, 3.63) is 58.0 Å². The minimum atomic E-state index is -3.77. The van der Waals surface area contributed by atoms with Gasteiger partial charge in [-0.05, 0) is 50.1 Å². The first-order valence-corrected chi connectivity index (χ1v) is 9.96. The number of benzene rings is 1. The summed E-state index contributed by atoms with van der Waals surface area (Å²) in [5.74, 6) is 0.746. The molecule has 1 aromatic carbocycles. The first-order valence-electron chi connectivity index (χ1n) is 8.48. The van der Waals surface area contributed by atoms with Crippen LogP contribution < -0.4 is 15.6 Å². The fraction of sp³-hybridized carbons (Fsp3) is 0.389. The third-order valence-corrected chi connectivity index (χ3v) is 6.47. The standard InChI is InChI=1S/C18H21N3O3S/c1-12-2-4-15(5-3-12)25(23,24)20-16-6-7-17-14-8-13(9-19-10-14)11-21(17)18(16)22/h2-7,13-14,19-20H,8-11H2,1H3/t13-,14+/m0/s1. The SMILES string of the molecule is Cc1ccc(S(=O)(=O)Nc2ccc3n(c2=O)C[C@@H]2CNC[C@H]3C2)cc1. The summed E-state index contributed by atoms with van der Waals surface area (Å²) in [5.41, 5.74) is 1.82. The zero-order chi connectivity index (χ0) is 17.6. The monoisotopic (exact) mass is 359 g/mol. The Morgan fingerprint density at radius 1 is 1.12 bits per heavy atom. The molecule has 2 aliphatic heterocycles. The number of rotatable bonds is 3. The predicted molar refractivity (Wildman–Crippen MR) is 96.4 cm³/mol. The summed E-state index contributed by atoms with van der Waals surface area (Å²) < 4.78 is 29.3. The Morgan fingerprint density at radius 2 is 1.88 bits per heavy atom. The first kappa shape index (κ1) is 16.4. The van der Waals surface area contributed by atoms with E-state index in [0.29, 0.717) is 18.4 Å². The first-order chi connectivity index (χ1) is 11.9. The zero-order valence-corrected chi connectivity index (χ0v) is 14.8. The molecule has 1 saturated heterocycles. The average Bonchev–Trinajstić information content (AvgIpc) is 2.58. The molecule has 0 aliphatic carbocycles. The van der Waals surface area contributed by atoms with Crippen LogP contribution in [-0.4, -0.2) is 26.1 Å². The molecule has 1 aromatic heterocycles. The van der Waals surface area contributed by atoms with Crippen molar-refractivity contribution >= 4 is 15.7 Å². The van der Waals surface area contributed by atoms with Gasteiger partial charge >= 0.3 is 0 Å². The van der Waals surface area contributed by atoms with Crippen molar-refractivity contribution in [3.8, 4) is 0 Å². The lowest BCUT2D eigenvalue weighted by Crippen LogP contribution is -2.45. The lowest BCUT2D eigenvalue weighted by molar-refractivity contribution is 0.257. The Bertz CT molecular complexity index is 964. The van der Waals surface area contributed by atoms with Gasteiger partial charge in [-0.15, -0.1) is 0 Å². The van der Waals surface area contributed by atoms with E-state index in [9.17, 15) is 13.2 Å². The lowest BCUT2D eigenvalue weighted by atomic mass is 9.84. The maximum absolute atomic E-state index is 12.8. The molecule has 1 fully saturated rings. The summed E-state index contributed by atoms with van der Waals surface area (Å²) >= 11 is 0. The Morgan fingerprint density at radius 3 is 2.64 bits per heavy atom. The average molecular weight is 359 g/mol.